The minimum Gasteiger partial charge on any atom is -0.316 e. The summed E-state index contributed by atoms with van der Waals surface area (Å²) in [6.07, 6.45) is 1.94. The van der Waals surface area contributed by atoms with E-state index in [0.29, 0.717) is 13.2 Å². The standard InChI is InChI=1S/C8H15NO3/c1-2-11-12-8(10)7-4-3-5-9-6-7/h7,9H,2-6H2,1H3. The van der Waals surface area contributed by atoms with E-state index < -0.39 is 0 Å². The van der Waals surface area contributed by atoms with Crippen molar-refractivity contribution in [3.8, 4) is 0 Å². The fourth-order valence-electron chi connectivity index (χ4n) is 1.24. The van der Waals surface area contributed by atoms with Crippen LogP contribution in [0.25, 0.3) is 0 Å². The first-order chi connectivity index (χ1) is 5.84. The Morgan fingerprint density at radius 1 is 1.67 bits per heavy atom. The Morgan fingerprint density at radius 2 is 2.50 bits per heavy atom. The van der Waals surface area contributed by atoms with E-state index in [1.54, 1.807) is 6.92 Å². The zero-order valence-electron chi connectivity index (χ0n) is 7.34. The normalized spacial score (nSPS) is 23.6. The summed E-state index contributed by atoms with van der Waals surface area (Å²) in [7, 11) is 0. The zero-order chi connectivity index (χ0) is 8.81. The molecule has 1 atom stereocenters. The maximum atomic E-state index is 11.2. The molecule has 1 heterocycles. The van der Waals surface area contributed by atoms with Crippen molar-refractivity contribution in [2.24, 2.45) is 5.92 Å². The van der Waals surface area contributed by atoms with E-state index in [1.165, 1.54) is 0 Å². The molecule has 0 saturated carbocycles. The van der Waals surface area contributed by atoms with E-state index in [4.69, 9.17) is 0 Å². The third-order valence-electron chi connectivity index (χ3n) is 1.89. The Bertz CT molecular complexity index is 143. The number of piperidine rings is 1. The van der Waals surface area contributed by atoms with Crippen molar-refractivity contribution in [3.05, 3.63) is 0 Å². The van der Waals surface area contributed by atoms with Crippen LogP contribution in [0.2, 0.25) is 0 Å². The minimum absolute atomic E-state index is 0.0229. The van der Waals surface area contributed by atoms with Crippen LogP contribution in [0.1, 0.15) is 19.8 Å². The number of carbonyl (C=O) groups is 1. The van der Waals surface area contributed by atoms with E-state index in [-0.39, 0.29) is 11.9 Å². The Balaban J connectivity index is 2.20. The third-order valence-corrected chi connectivity index (χ3v) is 1.89. The fraction of sp³-hybridized carbons (Fsp3) is 0.875. The highest BCUT2D eigenvalue weighted by Crippen LogP contribution is 2.11. The molecule has 1 aliphatic heterocycles. The monoisotopic (exact) mass is 173 g/mol. The van der Waals surface area contributed by atoms with Gasteiger partial charge in [0.25, 0.3) is 0 Å². The first-order valence-corrected chi connectivity index (χ1v) is 4.38. The van der Waals surface area contributed by atoms with Gasteiger partial charge < -0.3 is 5.32 Å². The maximum absolute atomic E-state index is 11.2. The topological polar surface area (TPSA) is 47.6 Å². The largest absolute Gasteiger partial charge is 0.346 e. The summed E-state index contributed by atoms with van der Waals surface area (Å²) in [5.74, 6) is -0.269. The molecule has 1 fully saturated rings. The van der Waals surface area contributed by atoms with Crippen LogP contribution in [0.15, 0.2) is 0 Å². The lowest BCUT2D eigenvalue weighted by atomic mass is 10.0. The van der Waals surface area contributed by atoms with Crippen LogP contribution in [-0.4, -0.2) is 25.7 Å². The molecule has 1 N–H and O–H groups in total. The van der Waals surface area contributed by atoms with Gasteiger partial charge in [-0.2, -0.15) is 4.89 Å². The third kappa shape index (κ3) is 2.79. The lowest BCUT2D eigenvalue weighted by Gasteiger charge is -2.19. The highest BCUT2D eigenvalue weighted by Gasteiger charge is 2.22. The molecule has 4 nitrogen and oxygen atoms in total. The second-order valence-electron chi connectivity index (χ2n) is 2.85. The summed E-state index contributed by atoms with van der Waals surface area (Å²) < 4.78 is 0. The van der Waals surface area contributed by atoms with Gasteiger partial charge in [-0.3, -0.25) is 4.89 Å². The van der Waals surface area contributed by atoms with E-state index >= 15 is 0 Å². The van der Waals surface area contributed by atoms with Gasteiger partial charge in [0.15, 0.2) is 0 Å². The van der Waals surface area contributed by atoms with Gasteiger partial charge in [0, 0.05) is 6.54 Å². The van der Waals surface area contributed by atoms with Crippen LogP contribution in [0.4, 0.5) is 0 Å². The summed E-state index contributed by atoms with van der Waals surface area (Å²) in [5, 5.41) is 3.14. The highest BCUT2D eigenvalue weighted by atomic mass is 17.2. The van der Waals surface area contributed by atoms with Crippen LogP contribution in [0.5, 0.6) is 0 Å². The molecule has 0 aromatic rings. The first-order valence-electron chi connectivity index (χ1n) is 4.38. The second-order valence-corrected chi connectivity index (χ2v) is 2.85. The molecule has 1 rings (SSSR count). The average molecular weight is 173 g/mol. The summed E-state index contributed by atoms with van der Waals surface area (Å²) in [5.41, 5.74) is 0. The van der Waals surface area contributed by atoms with Crippen LogP contribution in [0.3, 0.4) is 0 Å². The Labute approximate surface area is 72.2 Å². The molecule has 0 amide bonds. The van der Waals surface area contributed by atoms with Gasteiger partial charge in [-0.25, -0.2) is 4.79 Å². The number of rotatable bonds is 3. The van der Waals surface area contributed by atoms with E-state index in [2.05, 4.69) is 15.1 Å². The number of carbonyl (C=O) groups excluding carboxylic acids is 1. The molecular weight excluding hydrogens is 158 g/mol. The average Bonchev–Trinajstić information content (AvgIpc) is 2.15. The minimum atomic E-state index is -0.246. The summed E-state index contributed by atoms with van der Waals surface area (Å²) >= 11 is 0. The quantitative estimate of drug-likeness (QED) is 0.498. The summed E-state index contributed by atoms with van der Waals surface area (Å²) in [6, 6.07) is 0. The SMILES string of the molecule is CCOOC(=O)C1CCCNC1. The molecule has 1 unspecified atom stereocenters. The second kappa shape index (κ2) is 5.11. The van der Waals surface area contributed by atoms with Crippen LogP contribution >= 0.6 is 0 Å². The molecule has 0 aromatic heterocycles. The molecule has 0 radical (unpaired) electrons. The predicted octanol–water partition coefficient (Wildman–Crippen LogP) is 0.481. The smallest absolute Gasteiger partial charge is 0.316 e. The Hall–Kier alpha value is -0.610. The lowest BCUT2D eigenvalue weighted by Crippen LogP contribution is -2.35. The van der Waals surface area contributed by atoms with Gasteiger partial charge >= 0.3 is 5.97 Å². The number of hydrogen-bond donors (Lipinski definition) is 1. The molecule has 1 aliphatic rings. The molecule has 0 bridgehead atoms. The molecule has 0 aliphatic carbocycles. The summed E-state index contributed by atoms with van der Waals surface area (Å²) in [6.45, 7) is 3.91. The first kappa shape index (κ1) is 9.48. The Kier molecular flexibility index (Phi) is 4.04. The van der Waals surface area contributed by atoms with Crippen LogP contribution < -0.4 is 5.32 Å². The molecule has 1 saturated heterocycles. The van der Waals surface area contributed by atoms with Crippen LogP contribution in [-0.2, 0) is 14.6 Å². The van der Waals surface area contributed by atoms with Gasteiger partial charge in [-0.15, -0.1) is 0 Å². The lowest BCUT2D eigenvalue weighted by molar-refractivity contribution is -0.273. The van der Waals surface area contributed by atoms with Gasteiger partial charge in [0.2, 0.25) is 0 Å². The Morgan fingerprint density at radius 3 is 3.08 bits per heavy atom. The fourth-order valence-corrected chi connectivity index (χ4v) is 1.24. The van der Waals surface area contributed by atoms with Crippen molar-refractivity contribution < 1.29 is 14.6 Å². The van der Waals surface area contributed by atoms with Gasteiger partial charge in [0.1, 0.15) is 0 Å². The van der Waals surface area contributed by atoms with Crippen molar-refractivity contribution >= 4 is 5.97 Å². The molecule has 0 spiro atoms. The van der Waals surface area contributed by atoms with Crippen molar-refractivity contribution in [3.63, 3.8) is 0 Å². The van der Waals surface area contributed by atoms with Gasteiger partial charge in [-0.1, -0.05) is 0 Å². The number of nitrogens with one attached hydrogen (secondary N) is 1. The van der Waals surface area contributed by atoms with Gasteiger partial charge in [0.05, 0.1) is 12.5 Å². The molecular formula is C8H15NO3. The molecule has 70 valence electrons. The van der Waals surface area contributed by atoms with Crippen molar-refractivity contribution in [1.82, 2.24) is 5.32 Å². The molecule has 12 heavy (non-hydrogen) atoms. The van der Waals surface area contributed by atoms with E-state index in [1.807, 2.05) is 0 Å². The maximum Gasteiger partial charge on any atom is 0.346 e. The van der Waals surface area contributed by atoms with E-state index in [0.717, 1.165) is 19.4 Å². The van der Waals surface area contributed by atoms with Crippen LogP contribution in [0, 0.1) is 5.92 Å². The molecule has 0 aromatic carbocycles. The number of hydrogen-bond acceptors (Lipinski definition) is 4. The highest BCUT2D eigenvalue weighted by molar-refractivity contribution is 5.72. The van der Waals surface area contributed by atoms with Crippen molar-refractivity contribution in [2.45, 2.75) is 19.8 Å². The predicted molar refractivity (Wildman–Crippen MR) is 43.3 cm³/mol. The van der Waals surface area contributed by atoms with E-state index in [9.17, 15) is 4.79 Å². The van der Waals surface area contributed by atoms with Crippen molar-refractivity contribution in [2.75, 3.05) is 19.7 Å². The summed E-state index contributed by atoms with van der Waals surface area (Å²) in [4.78, 5) is 20.3. The zero-order valence-corrected chi connectivity index (χ0v) is 7.34. The molecule has 4 heteroatoms. The van der Waals surface area contributed by atoms with Crippen molar-refractivity contribution in [1.29, 1.82) is 0 Å². The van der Waals surface area contributed by atoms with Gasteiger partial charge in [-0.05, 0) is 26.3 Å².